The summed E-state index contributed by atoms with van der Waals surface area (Å²) in [6.45, 7) is 6.82. The zero-order valence-electron chi connectivity index (χ0n) is 16.8. The van der Waals surface area contributed by atoms with Crippen molar-refractivity contribution in [1.29, 1.82) is 0 Å². The van der Waals surface area contributed by atoms with Crippen molar-refractivity contribution in [2.45, 2.75) is 32.6 Å². The summed E-state index contributed by atoms with van der Waals surface area (Å²) in [6.07, 6.45) is 6.30. The monoisotopic (exact) mass is 373 g/mol. The number of nitrogens with one attached hydrogen (secondary N) is 2. The summed E-state index contributed by atoms with van der Waals surface area (Å²) in [5.74, 6) is 1.20. The highest BCUT2D eigenvalue weighted by Crippen LogP contribution is 2.38. The SMILES string of the molecule is CC(C)c1c(-c2cn(C)c3ncccc23)[nH]c2ccc(CCC3CNC3)nc12. The minimum atomic E-state index is 0.384. The van der Waals surface area contributed by atoms with Crippen molar-refractivity contribution in [1.82, 2.24) is 24.8 Å². The first kappa shape index (κ1) is 17.4. The Hall–Kier alpha value is -2.66. The summed E-state index contributed by atoms with van der Waals surface area (Å²) in [4.78, 5) is 13.3. The Morgan fingerprint density at radius 2 is 2.07 bits per heavy atom. The molecule has 28 heavy (non-hydrogen) atoms. The van der Waals surface area contributed by atoms with Crippen LogP contribution in [0.3, 0.4) is 0 Å². The second kappa shape index (κ2) is 6.74. The van der Waals surface area contributed by atoms with E-state index in [-0.39, 0.29) is 0 Å². The van der Waals surface area contributed by atoms with E-state index in [1.165, 1.54) is 34.3 Å². The van der Waals surface area contributed by atoms with Gasteiger partial charge in [0, 0.05) is 41.6 Å². The van der Waals surface area contributed by atoms with Crippen LogP contribution >= 0.6 is 0 Å². The predicted octanol–water partition coefficient (Wildman–Crippen LogP) is 4.39. The lowest BCUT2D eigenvalue weighted by atomic mass is 9.96. The van der Waals surface area contributed by atoms with Crippen LogP contribution in [0.15, 0.2) is 36.7 Å². The first-order valence-electron chi connectivity index (χ1n) is 10.2. The lowest BCUT2D eigenvalue weighted by molar-refractivity contribution is 0.327. The van der Waals surface area contributed by atoms with Gasteiger partial charge < -0.3 is 14.9 Å². The van der Waals surface area contributed by atoms with Crippen molar-refractivity contribution in [3.8, 4) is 11.3 Å². The maximum absolute atomic E-state index is 5.09. The fourth-order valence-corrected chi connectivity index (χ4v) is 4.36. The molecular weight excluding hydrogens is 346 g/mol. The molecule has 0 amide bonds. The van der Waals surface area contributed by atoms with E-state index in [4.69, 9.17) is 4.98 Å². The first-order valence-corrected chi connectivity index (χ1v) is 10.2. The van der Waals surface area contributed by atoms with Gasteiger partial charge in [0.2, 0.25) is 0 Å². The number of nitrogens with zero attached hydrogens (tertiary/aromatic N) is 3. The van der Waals surface area contributed by atoms with Crippen LogP contribution < -0.4 is 5.32 Å². The van der Waals surface area contributed by atoms with Crippen LogP contribution in [0, 0.1) is 5.92 Å². The zero-order valence-corrected chi connectivity index (χ0v) is 16.8. The van der Waals surface area contributed by atoms with E-state index in [0.29, 0.717) is 5.92 Å². The standard InChI is InChI=1S/C23H27N5/c1-14(2)20-21(18-13-28(3)23-17(18)5-4-10-25-23)27-19-9-8-16(26-22(19)20)7-6-15-11-24-12-15/h4-5,8-10,13-15,24,27H,6-7,11-12H2,1-3H3. The molecule has 0 bridgehead atoms. The van der Waals surface area contributed by atoms with Gasteiger partial charge >= 0.3 is 0 Å². The zero-order chi connectivity index (χ0) is 19.3. The third kappa shape index (κ3) is 2.81. The summed E-state index contributed by atoms with van der Waals surface area (Å²) in [7, 11) is 2.06. The molecule has 2 N–H and O–H groups in total. The van der Waals surface area contributed by atoms with Crippen molar-refractivity contribution >= 4 is 22.1 Å². The van der Waals surface area contributed by atoms with Gasteiger partial charge in [-0.2, -0.15) is 0 Å². The summed E-state index contributed by atoms with van der Waals surface area (Å²) in [5, 5.41) is 4.53. The quantitative estimate of drug-likeness (QED) is 0.545. The van der Waals surface area contributed by atoms with Crippen LogP contribution in [-0.2, 0) is 13.5 Å². The summed E-state index contributed by atoms with van der Waals surface area (Å²) >= 11 is 0. The second-order valence-corrected chi connectivity index (χ2v) is 8.36. The summed E-state index contributed by atoms with van der Waals surface area (Å²) in [5.41, 5.74) is 8.13. The lowest BCUT2D eigenvalue weighted by Gasteiger charge is -2.26. The number of aromatic nitrogens is 4. The molecule has 1 aliphatic rings. The van der Waals surface area contributed by atoms with E-state index in [9.17, 15) is 0 Å². The normalized spacial score (nSPS) is 15.0. The van der Waals surface area contributed by atoms with Crippen LogP contribution in [0.2, 0.25) is 0 Å². The molecular formula is C23H27N5. The first-order chi connectivity index (χ1) is 13.6. The smallest absolute Gasteiger partial charge is 0.140 e. The average molecular weight is 374 g/mol. The molecule has 0 atom stereocenters. The summed E-state index contributed by atoms with van der Waals surface area (Å²) < 4.78 is 2.10. The Labute approximate surface area is 165 Å². The van der Waals surface area contributed by atoms with Crippen LogP contribution in [0.25, 0.3) is 33.3 Å². The molecule has 5 heterocycles. The largest absolute Gasteiger partial charge is 0.353 e. The number of hydrogen-bond donors (Lipinski definition) is 2. The molecule has 0 aliphatic carbocycles. The van der Waals surface area contributed by atoms with E-state index in [1.807, 2.05) is 12.3 Å². The van der Waals surface area contributed by atoms with Gasteiger partial charge in [-0.15, -0.1) is 0 Å². The Morgan fingerprint density at radius 1 is 1.21 bits per heavy atom. The molecule has 5 rings (SSSR count). The molecule has 1 fully saturated rings. The molecule has 4 aromatic rings. The fraction of sp³-hybridized carbons (Fsp3) is 0.391. The van der Waals surface area contributed by atoms with Crippen molar-refractivity contribution in [3.63, 3.8) is 0 Å². The van der Waals surface area contributed by atoms with Gasteiger partial charge in [0.25, 0.3) is 0 Å². The third-order valence-corrected chi connectivity index (χ3v) is 5.99. The molecule has 144 valence electrons. The van der Waals surface area contributed by atoms with Gasteiger partial charge in [-0.1, -0.05) is 13.8 Å². The van der Waals surface area contributed by atoms with E-state index < -0.39 is 0 Å². The number of hydrogen-bond acceptors (Lipinski definition) is 3. The average Bonchev–Trinajstić information content (AvgIpc) is 3.18. The maximum atomic E-state index is 5.09. The van der Waals surface area contributed by atoms with E-state index in [1.54, 1.807) is 0 Å². The van der Waals surface area contributed by atoms with Crippen molar-refractivity contribution in [2.24, 2.45) is 13.0 Å². The van der Waals surface area contributed by atoms with Gasteiger partial charge in [0.15, 0.2) is 0 Å². The Kier molecular flexibility index (Phi) is 4.20. The van der Waals surface area contributed by atoms with Gasteiger partial charge in [-0.3, -0.25) is 4.98 Å². The number of aromatic amines is 1. The van der Waals surface area contributed by atoms with Crippen LogP contribution in [-0.4, -0.2) is 32.6 Å². The molecule has 1 saturated heterocycles. The van der Waals surface area contributed by atoms with E-state index >= 15 is 0 Å². The number of aryl methyl sites for hydroxylation is 2. The fourth-order valence-electron chi connectivity index (χ4n) is 4.36. The molecule has 5 heteroatoms. The Balaban J connectivity index is 1.63. The number of rotatable bonds is 5. The molecule has 5 nitrogen and oxygen atoms in total. The van der Waals surface area contributed by atoms with Crippen LogP contribution in [0.1, 0.15) is 37.4 Å². The van der Waals surface area contributed by atoms with Crippen LogP contribution in [0.4, 0.5) is 0 Å². The molecule has 0 aromatic carbocycles. The van der Waals surface area contributed by atoms with Crippen molar-refractivity contribution in [3.05, 3.63) is 47.9 Å². The maximum Gasteiger partial charge on any atom is 0.140 e. The van der Waals surface area contributed by atoms with E-state index in [0.717, 1.165) is 42.1 Å². The van der Waals surface area contributed by atoms with Gasteiger partial charge in [0.05, 0.1) is 16.7 Å². The molecule has 0 spiro atoms. The number of fused-ring (bicyclic) bond motifs is 2. The minimum Gasteiger partial charge on any atom is -0.353 e. The lowest BCUT2D eigenvalue weighted by Crippen LogP contribution is -2.42. The number of pyridine rings is 2. The molecule has 0 unspecified atom stereocenters. The highest BCUT2D eigenvalue weighted by molar-refractivity contribution is 5.98. The van der Waals surface area contributed by atoms with Gasteiger partial charge in [-0.25, -0.2) is 4.98 Å². The topological polar surface area (TPSA) is 58.5 Å². The van der Waals surface area contributed by atoms with E-state index in [2.05, 4.69) is 65.1 Å². The second-order valence-electron chi connectivity index (χ2n) is 8.36. The van der Waals surface area contributed by atoms with Gasteiger partial charge in [0.1, 0.15) is 5.65 Å². The number of H-pyrrole nitrogens is 1. The summed E-state index contributed by atoms with van der Waals surface area (Å²) in [6, 6.07) is 8.55. The van der Waals surface area contributed by atoms with Crippen molar-refractivity contribution in [2.75, 3.05) is 13.1 Å². The molecule has 1 aliphatic heterocycles. The molecule has 0 saturated carbocycles. The highest BCUT2D eigenvalue weighted by atomic mass is 15.0. The molecule has 4 aromatic heterocycles. The Bertz CT molecular complexity index is 1150. The highest BCUT2D eigenvalue weighted by Gasteiger charge is 2.21. The van der Waals surface area contributed by atoms with Gasteiger partial charge in [-0.05, 0) is 62.0 Å². The molecule has 0 radical (unpaired) electrons. The predicted molar refractivity (Wildman–Crippen MR) is 115 cm³/mol. The Morgan fingerprint density at radius 3 is 2.82 bits per heavy atom. The van der Waals surface area contributed by atoms with Crippen molar-refractivity contribution < 1.29 is 0 Å². The minimum absolute atomic E-state index is 0.384. The third-order valence-electron chi connectivity index (χ3n) is 5.99. The van der Waals surface area contributed by atoms with Crippen LogP contribution in [0.5, 0.6) is 0 Å².